The van der Waals surface area contributed by atoms with Crippen LogP contribution in [0, 0.1) is 34.5 Å². The molecule has 2 aliphatic heterocycles. The molecular weight excluding hydrogens is 1040 g/mol. The average molecular weight is 1110 g/mol. The minimum Gasteiger partial charge on any atom is -0.481 e. The largest absolute Gasteiger partial charge is 0.481 e. The van der Waals surface area contributed by atoms with Crippen molar-refractivity contribution >= 4 is 32.7 Å². The van der Waals surface area contributed by atoms with Crippen molar-refractivity contribution < 1.29 is 18.9 Å². The average Bonchev–Trinajstić information content (AvgIpc) is 2.40. The van der Waals surface area contributed by atoms with Crippen LogP contribution in [0.5, 0.6) is 23.0 Å². The van der Waals surface area contributed by atoms with Gasteiger partial charge >= 0.3 is 0 Å². The predicted octanol–water partition coefficient (Wildman–Crippen LogP) is 20.6. The van der Waals surface area contributed by atoms with Crippen LogP contribution in [0.15, 0.2) is 194 Å². The molecule has 9 aromatic rings. The summed E-state index contributed by atoms with van der Waals surface area (Å²) in [6, 6.07) is 65.7. The zero-order valence-corrected chi connectivity index (χ0v) is 50.3. The van der Waals surface area contributed by atoms with E-state index >= 15 is 0 Å². The topological polar surface area (TPSA) is 36.9 Å². The predicted molar refractivity (Wildman–Crippen MR) is 351 cm³/mol. The molecule has 0 amide bonds. The first-order chi connectivity index (χ1) is 41.5. The summed E-state index contributed by atoms with van der Waals surface area (Å²) in [5.41, 5.74) is 14.5. The standard InChI is InChI=1S/C81H76O4/c1-7-10-21-47-79(6,9-3)48-23-25-50-83-61-40-42-63-59(53-61)38-44-75-77(63)69(55-81(85-75)72-35-19-15-31-66(72)67-32-16-20-36-73(67)81)57-28-26-27-56(51-57)68-54-80(70-33-17-13-29-64(70)65-30-14-18-34-71(65)80)84-74-43-37-58-52-60(39-41-62(58)76(68)74)82-49-24-12-22-46-78(4,5)45-11-8-2/h13-20,26-44,51-55H,7-11,21-22,45-50H2,1-6H3. The van der Waals surface area contributed by atoms with Crippen LogP contribution >= 0.6 is 0 Å². The summed E-state index contributed by atoms with van der Waals surface area (Å²) in [6.45, 7) is 14.6. The van der Waals surface area contributed by atoms with Crippen LogP contribution in [0.4, 0.5) is 0 Å². The van der Waals surface area contributed by atoms with E-state index < -0.39 is 11.2 Å². The van der Waals surface area contributed by atoms with Gasteiger partial charge in [-0.3, -0.25) is 0 Å². The summed E-state index contributed by atoms with van der Waals surface area (Å²) in [5, 5.41) is 4.30. The molecule has 0 aromatic heterocycles. The van der Waals surface area contributed by atoms with E-state index in [9.17, 15) is 0 Å². The highest BCUT2D eigenvalue weighted by molar-refractivity contribution is 6.06. The maximum atomic E-state index is 7.56. The molecular formula is C81H76O4. The summed E-state index contributed by atoms with van der Waals surface area (Å²) < 4.78 is 27.9. The monoisotopic (exact) mass is 1110 g/mol. The normalized spacial score (nSPS) is 15.0. The smallest absolute Gasteiger partial charge is 0.179 e. The van der Waals surface area contributed by atoms with Gasteiger partial charge < -0.3 is 18.9 Å². The zero-order chi connectivity index (χ0) is 58.2. The van der Waals surface area contributed by atoms with Crippen molar-refractivity contribution in [1.29, 1.82) is 0 Å². The third-order valence-electron chi connectivity index (χ3n) is 18.8. The Morgan fingerprint density at radius 3 is 1.38 bits per heavy atom. The van der Waals surface area contributed by atoms with Crippen LogP contribution in [0.1, 0.15) is 157 Å². The second-order valence-corrected chi connectivity index (χ2v) is 25.0. The summed E-state index contributed by atoms with van der Waals surface area (Å²) in [4.78, 5) is 0. The zero-order valence-electron chi connectivity index (χ0n) is 50.3. The number of hydrogen-bond acceptors (Lipinski definition) is 4. The quantitative estimate of drug-likeness (QED) is 0.0673. The van der Waals surface area contributed by atoms with Crippen LogP contribution in [0.2, 0.25) is 0 Å². The lowest BCUT2D eigenvalue weighted by Gasteiger charge is -2.37. The van der Waals surface area contributed by atoms with Crippen molar-refractivity contribution in [1.82, 2.24) is 0 Å². The second-order valence-electron chi connectivity index (χ2n) is 25.0. The first-order valence-electron chi connectivity index (χ1n) is 31.2. The first-order valence-corrected chi connectivity index (χ1v) is 31.2. The molecule has 4 aliphatic rings. The van der Waals surface area contributed by atoms with Crippen LogP contribution in [0.3, 0.4) is 0 Å². The summed E-state index contributed by atoms with van der Waals surface area (Å²) >= 11 is 0. The molecule has 2 aliphatic carbocycles. The number of fused-ring (bicyclic) bond motifs is 16. The van der Waals surface area contributed by atoms with Crippen LogP contribution in [-0.2, 0) is 11.2 Å². The van der Waals surface area contributed by atoms with E-state index in [1.165, 1.54) is 67.2 Å². The molecule has 0 bridgehead atoms. The molecule has 2 heterocycles. The highest BCUT2D eigenvalue weighted by Crippen LogP contribution is 2.59. The van der Waals surface area contributed by atoms with Crippen LogP contribution in [0.25, 0.3) is 54.9 Å². The molecule has 4 nitrogen and oxygen atoms in total. The van der Waals surface area contributed by atoms with Gasteiger partial charge in [0.15, 0.2) is 11.2 Å². The molecule has 2 spiro atoms. The Balaban J connectivity index is 0.918. The fourth-order valence-corrected chi connectivity index (χ4v) is 13.8. The maximum Gasteiger partial charge on any atom is 0.179 e. The van der Waals surface area contributed by atoms with Gasteiger partial charge in [-0.25, -0.2) is 0 Å². The Kier molecular flexibility index (Phi) is 15.0. The Morgan fingerprint density at radius 1 is 0.435 bits per heavy atom. The third kappa shape index (κ3) is 10.3. The van der Waals surface area contributed by atoms with E-state index in [0.717, 1.165) is 126 Å². The highest BCUT2D eigenvalue weighted by Gasteiger charge is 2.49. The number of unbranched alkanes of at least 4 members (excludes halogenated alkanes) is 3. The number of hydrogen-bond donors (Lipinski definition) is 0. The van der Waals surface area contributed by atoms with Gasteiger partial charge in [0.05, 0.1) is 0 Å². The number of benzene rings is 9. The van der Waals surface area contributed by atoms with E-state index in [4.69, 9.17) is 18.9 Å². The Morgan fingerprint density at radius 2 is 0.906 bits per heavy atom. The molecule has 9 aromatic carbocycles. The van der Waals surface area contributed by atoms with Crippen molar-refractivity contribution in [2.75, 3.05) is 13.2 Å². The summed E-state index contributed by atoms with van der Waals surface area (Å²) in [6.07, 6.45) is 17.5. The molecule has 13 rings (SSSR count). The van der Waals surface area contributed by atoms with Gasteiger partial charge in [0.1, 0.15) is 36.2 Å². The van der Waals surface area contributed by atoms with Crippen molar-refractivity contribution in [2.45, 2.75) is 123 Å². The van der Waals surface area contributed by atoms with Gasteiger partial charge in [0, 0.05) is 46.2 Å². The summed E-state index contributed by atoms with van der Waals surface area (Å²) in [7, 11) is 0. The van der Waals surface area contributed by atoms with Gasteiger partial charge in [-0.1, -0.05) is 225 Å². The molecule has 0 saturated carbocycles. The van der Waals surface area contributed by atoms with Gasteiger partial charge in [-0.2, -0.15) is 0 Å². The van der Waals surface area contributed by atoms with Crippen LogP contribution < -0.4 is 18.9 Å². The van der Waals surface area contributed by atoms with Crippen molar-refractivity contribution in [3.05, 3.63) is 239 Å². The SMILES string of the molecule is CCCCCC(C)(CC)CC#CCOc1ccc2c3c(ccc2c1)OC1(C=C3c2cccc(C3=CC4(Oc5ccc6cc(OCC#CCCC(C)(C)CCCC)ccc6c53)c3ccccc3-c3ccccc34)c2)c2ccccc2-c2ccccc21. The fraction of sp³-hybridized carbons (Fsp3) is 0.284. The molecule has 0 fully saturated rings. The molecule has 85 heavy (non-hydrogen) atoms. The molecule has 1 unspecified atom stereocenters. The summed E-state index contributed by atoms with van der Waals surface area (Å²) in [5.74, 6) is 16.8. The van der Waals surface area contributed by atoms with E-state index in [0.29, 0.717) is 18.6 Å². The minimum absolute atomic E-state index is 0.233. The first kappa shape index (κ1) is 55.5. The Hall–Kier alpha value is -8.70. The highest BCUT2D eigenvalue weighted by atomic mass is 16.5. The molecule has 4 heteroatoms. The van der Waals surface area contributed by atoms with Crippen molar-refractivity contribution in [3.8, 4) is 68.9 Å². The van der Waals surface area contributed by atoms with E-state index in [1.54, 1.807) is 0 Å². The van der Waals surface area contributed by atoms with Crippen molar-refractivity contribution in [3.63, 3.8) is 0 Å². The minimum atomic E-state index is -0.886. The lowest BCUT2D eigenvalue weighted by molar-refractivity contribution is 0.165. The molecule has 424 valence electrons. The van der Waals surface area contributed by atoms with Gasteiger partial charge in [0.2, 0.25) is 0 Å². The third-order valence-corrected chi connectivity index (χ3v) is 18.8. The fourth-order valence-electron chi connectivity index (χ4n) is 13.8. The van der Waals surface area contributed by atoms with E-state index in [2.05, 4.69) is 259 Å². The lowest BCUT2D eigenvalue weighted by Crippen LogP contribution is -2.33. The number of rotatable bonds is 17. The maximum absolute atomic E-state index is 7.56. The van der Waals surface area contributed by atoms with E-state index in [-0.39, 0.29) is 5.41 Å². The number of ether oxygens (including phenoxy) is 4. The van der Waals surface area contributed by atoms with E-state index in [1.807, 2.05) is 0 Å². The van der Waals surface area contributed by atoms with Gasteiger partial charge in [-0.15, -0.1) is 0 Å². The molecule has 0 N–H and O–H groups in total. The Labute approximate surface area is 504 Å². The molecule has 0 radical (unpaired) electrons. The van der Waals surface area contributed by atoms with Gasteiger partial charge in [-0.05, 0) is 169 Å². The molecule has 1 atom stereocenters. The lowest BCUT2D eigenvalue weighted by atomic mass is 9.79. The Bertz CT molecular complexity index is 4150. The molecule has 0 saturated heterocycles. The van der Waals surface area contributed by atoms with Crippen molar-refractivity contribution in [2.24, 2.45) is 10.8 Å². The van der Waals surface area contributed by atoms with Gasteiger partial charge in [0.25, 0.3) is 0 Å². The second kappa shape index (κ2) is 23.0. The van der Waals surface area contributed by atoms with Crippen LogP contribution in [-0.4, -0.2) is 13.2 Å².